The lowest BCUT2D eigenvalue weighted by atomic mass is 10.2. The molecule has 0 heterocycles. The van der Waals surface area contributed by atoms with Crippen molar-refractivity contribution in [2.24, 2.45) is 0 Å². The molecule has 14 heavy (non-hydrogen) atoms. The van der Waals surface area contributed by atoms with E-state index in [2.05, 4.69) is 5.32 Å². The maximum Gasteiger partial charge on any atom is 0.272 e. The highest BCUT2D eigenvalue weighted by Crippen LogP contribution is 2.16. The van der Waals surface area contributed by atoms with Gasteiger partial charge < -0.3 is 14.8 Å². The highest BCUT2D eigenvalue weighted by molar-refractivity contribution is 5.61. The Morgan fingerprint density at radius 3 is 2.57 bits per heavy atom. The van der Waals surface area contributed by atoms with Crippen LogP contribution < -0.4 is 20.9 Å². The van der Waals surface area contributed by atoms with Gasteiger partial charge in [-0.1, -0.05) is 0 Å². The van der Waals surface area contributed by atoms with Crippen LogP contribution in [-0.4, -0.2) is 26.9 Å². The summed E-state index contributed by atoms with van der Waals surface area (Å²) < 4.78 is 9.81. The molecule has 0 atom stereocenters. The maximum atomic E-state index is 11.1. The Kier molecular flexibility index (Phi) is 3.64. The first-order valence-electron chi connectivity index (χ1n) is 4.41. The van der Waals surface area contributed by atoms with Gasteiger partial charge in [0.25, 0.3) is 10.9 Å². The number of ether oxygens (including phenoxy) is 2. The van der Waals surface area contributed by atoms with E-state index in [-0.39, 0.29) is 11.4 Å². The molecule has 0 saturated carbocycles. The van der Waals surface area contributed by atoms with Gasteiger partial charge in [-0.25, -0.2) is 0 Å². The van der Waals surface area contributed by atoms with Gasteiger partial charge in [-0.2, -0.15) is 0 Å². The summed E-state index contributed by atoms with van der Waals surface area (Å²) in [4.78, 5) is 22.0. The van der Waals surface area contributed by atoms with E-state index in [9.17, 15) is 9.59 Å². The van der Waals surface area contributed by atoms with Crippen molar-refractivity contribution in [3.63, 3.8) is 0 Å². The van der Waals surface area contributed by atoms with Crippen molar-refractivity contribution in [1.29, 1.82) is 0 Å². The molecule has 0 amide bonds. The summed E-state index contributed by atoms with van der Waals surface area (Å²) in [6.45, 7) is 3.10. The number of hydrogen-bond acceptors (Lipinski definition) is 5. The monoisotopic (exact) mass is 199 g/mol. The fourth-order valence-corrected chi connectivity index (χ4v) is 1.09. The molecule has 0 fully saturated rings. The quantitative estimate of drug-likeness (QED) is 0.505. The van der Waals surface area contributed by atoms with Gasteiger partial charge in [0.2, 0.25) is 0 Å². The van der Waals surface area contributed by atoms with Gasteiger partial charge in [-0.15, -0.1) is 0 Å². The molecule has 78 valence electrons. The van der Waals surface area contributed by atoms with Crippen molar-refractivity contribution in [3.05, 3.63) is 20.4 Å². The Bertz CT molecular complexity index is 365. The van der Waals surface area contributed by atoms with Crippen molar-refractivity contribution in [3.8, 4) is 5.75 Å². The molecule has 1 rings (SSSR count). The molecule has 0 aliphatic rings. The fourth-order valence-electron chi connectivity index (χ4n) is 1.09. The van der Waals surface area contributed by atoms with Crippen LogP contribution in [0.3, 0.4) is 0 Å². The summed E-state index contributed by atoms with van der Waals surface area (Å²) in [5, 5.41) is 2.79. The molecule has 1 aromatic rings. The van der Waals surface area contributed by atoms with Crippen LogP contribution in [0, 0.1) is 0 Å². The third-order valence-electron chi connectivity index (χ3n) is 1.76. The van der Waals surface area contributed by atoms with Gasteiger partial charge in [0.15, 0.2) is 5.75 Å². The van der Waals surface area contributed by atoms with Gasteiger partial charge in [0, 0.05) is 13.7 Å². The lowest BCUT2D eigenvalue weighted by Crippen LogP contribution is -2.36. The number of hydrogen-bond donors (Lipinski definition) is 1. The first-order valence-corrected chi connectivity index (χ1v) is 4.41. The molecular formula is C9H13NO4. The van der Waals surface area contributed by atoms with E-state index in [0.29, 0.717) is 19.8 Å². The molecule has 0 aliphatic heterocycles. The Hall–Kier alpha value is -1.36. The highest BCUT2D eigenvalue weighted by atomic mass is 16.5. The van der Waals surface area contributed by atoms with Crippen molar-refractivity contribution < 1.29 is 9.47 Å². The second-order valence-corrected chi connectivity index (χ2v) is 2.71. The van der Waals surface area contributed by atoms with Gasteiger partial charge in [0.05, 0.1) is 13.2 Å². The summed E-state index contributed by atoms with van der Waals surface area (Å²) >= 11 is 0. The van der Waals surface area contributed by atoms with Crippen LogP contribution in [0.5, 0.6) is 5.75 Å². The molecule has 1 N–H and O–H groups in total. The summed E-state index contributed by atoms with van der Waals surface area (Å²) in [5.74, 6) is 0.147. The summed E-state index contributed by atoms with van der Waals surface area (Å²) in [6.07, 6.45) is 0. The first kappa shape index (κ1) is 10.7. The molecule has 0 unspecified atom stereocenters. The first-order chi connectivity index (χ1) is 6.72. The normalized spacial score (nSPS) is 10.4. The number of rotatable bonds is 6. The van der Waals surface area contributed by atoms with E-state index in [1.54, 1.807) is 14.0 Å². The Labute approximate surface area is 81.3 Å². The second-order valence-electron chi connectivity index (χ2n) is 2.71. The van der Waals surface area contributed by atoms with Crippen molar-refractivity contribution in [2.75, 3.05) is 32.2 Å². The van der Waals surface area contributed by atoms with Gasteiger partial charge in [0.1, 0.15) is 5.69 Å². The number of nitrogens with one attached hydrogen (secondary N) is 1. The van der Waals surface area contributed by atoms with E-state index >= 15 is 0 Å². The lowest BCUT2D eigenvalue weighted by Gasteiger charge is -2.12. The summed E-state index contributed by atoms with van der Waals surface area (Å²) in [5.41, 5.74) is -0.787. The predicted octanol–water partition coefficient (Wildman–Crippen LogP) is -0.260. The molecule has 0 aromatic heterocycles. The molecule has 1 aromatic carbocycles. The molecule has 5 heteroatoms. The van der Waals surface area contributed by atoms with Crippen LogP contribution in [0.4, 0.5) is 5.69 Å². The molecule has 0 radical (unpaired) electrons. The fraction of sp³-hybridized carbons (Fsp3) is 0.556. The number of anilines is 1. The van der Waals surface area contributed by atoms with E-state index in [4.69, 9.17) is 9.47 Å². The summed E-state index contributed by atoms with van der Waals surface area (Å²) in [6, 6.07) is 0. The largest absolute Gasteiger partial charge is 0.488 e. The predicted molar refractivity (Wildman–Crippen MR) is 52.9 cm³/mol. The minimum Gasteiger partial charge on any atom is -0.488 e. The van der Waals surface area contributed by atoms with Gasteiger partial charge in [-0.05, 0) is 6.92 Å². The lowest BCUT2D eigenvalue weighted by molar-refractivity contribution is 0.210. The minimum absolute atomic E-state index is 0.147. The molecule has 0 saturated heterocycles. The Balaban J connectivity index is 2.62. The van der Waals surface area contributed by atoms with Crippen LogP contribution in [0.15, 0.2) is 9.59 Å². The van der Waals surface area contributed by atoms with Gasteiger partial charge in [-0.3, -0.25) is 9.59 Å². The smallest absolute Gasteiger partial charge is 0.272 e. The topological polar surface area (TPSA) is 64.6 Å². The van der Waals surface area contributed by atoms with Crippen molar-refractivity contribution in [1.82, 2.24) is 0 Å². The molecule has 0 bridgehead atoms. The van der Waals surface area contributed by atoms with Crippen LogP contribution in [0.2, 0.25) is 0 Å². The van der Waals surface area contributed by atoms with Crippen molar-refractivity contribution in [2.45, 2.75) is 6.92 Å². The van der Waals surface area contributed by atoms with E-state index < -0.39 is 10.9 Å². The average Bonchev–Trinajstić information content (AvgIpc) is 2.21. The zero-order valence-corrected chi connectivity index (χ0v) is 8.25. The Morgan fingerprint density at radius 2 is 2.00 bits per heavy atom. The van der Waals surface area contributed by atoms with Crippen molar-refractivity contribution >= 4 is 5.69 Å². The highest BCUT2D eigenvalue weighted by Gasteiger charge is 2.21. The maximum absolute atomic E-state index is 11.1. The van der Waals surface area contributed by atoms with E-state index in [1.807, 2.05) is 0 Å². The van der Waals surface area contributed by atoms with Crippen LogP contribution in [0.25, 0.3) is 0 Å². The average molecular weight is 199 g/mol. The molecule has 0 aliphatic carbocycles. The van der Waals surface area contributed by atoms with Gasteiger partial charge >= 0.3 is 0 Å². The van der Waals surface area contributed by atoms with Crippen LogP contribution in [-0.2, 0) is 4.74 Å². The molecular weight excluding hydrogens is 186 g/mol. The van der Waals surface area contributed by atoms with Crippen LogP contribution >= 0.6 is 0 Å². The van der Waals surface area contributed by atoms with Crippen LogP contribution in [0.1, 0.15) is 6.92 Å². The molecule has 0 spiro atoms. The third kappa shape index (κ3) is 1.93. The van der Waals surface area contributed by atoms with E-state index in [0.717, 1.165) is 0 Å². The standard InChI is InChI=1S/C9H13NO4/c1-3-14-9-6(7(11)8(9)12)10-4-5-13-2/h10H,3-5H2,1-2H3. The minimum atomic E-state index is -0.549. The zero-order valence-electron chi connectivity index (χ0n) is 8.25. The zero-order chi connectivity index (χ0) is 10.6. The number of methoxy groups -OCH3 is 1. The van der Waals surface area contributed by atoms with E-state index in [1.165, 1.54) is 0 Å². The SMILES string of the molecule is CCOc1c(NCCOC)c(=O)c1=O. The Morgan fingerprint density at radius 1 is 1.29 bits per heavy atom. The molecule has 5 nitrogen and oxygen atoms in total. The third-order valence-corrected chi connectivity index (χ3v) is 1.76. The second kappa shape index (κ2) is 4.76. The summed E-state index contributed by atoms with van der Waals surface area (Å²) in [7, 11) is 1.56.